The number of carbonyl (C=O) groups excluding carboxylic acids is 1. The van der Waals surface area contributed by atoms with E-state index >= 15 is 0 Å². The van der Waals surface area contributed by atoms with Crippen molar-refractivity contribution in [1.82, 2.24) is 0 Å². The van der Waals surface area contributed by atoms with Gasteiger partial charge in [-0.1, -0.05) is 25.1 Å². The zero-order chi connectivity index (χ0) is 11.1. The highest BCUT2D eigenvalue weighted by atomic mass is 16.5. The average Bonchev–Trinajstić information content (AvgIpc) is 2.27. The van der Waals surface area contributed by atoms with E-state index in [0.29, 0.717) is 12.3 Å². The molecular formula is C12H15NO2. The lowest BCUT2D eigenvalue weighted by Crippen LogP contribution is -2.07. The molecule has 0 saturated heterocycles. The van der Waals surface area contributed by atoms with Crippen molar-refractivity contribution in [2.75, 3.05) is 7.11 Å². The van der Waals surface area contributed by atoms with Gasteiger partial charge in [-0.15, -0.1) is 0 Å². The van der Waals surface area contributed by atoms with Crippen LogP contribution < -0.4 is 0 Å². The van der Waals surface area contributed by atoms with E-state index < -0.39 is 0 Å². The molecule has 1 amide bonds. The van der Waals surface area contributed by atoms with Gasteiger partial charge in [0.2, 0.25) is 11.8 Å². The van der Waals surface area contributed by atoms with Crippen LogP contribution >= 0.6 is 0 Å². The van der Waals surface area contributed by atoms with Gasteiger partial charge in [-0.2, -0.15) is 4.99 Å². The SMILES string of the molecule is CCCC(=O)N=C(OC)c1ccccc1. The molecule has 0 spiro atoms. The molecule has 1 rings (SSSR count). The summed E-state index contributed by atoms with van der Waals surface area (Å²) in [4.78, 5) is 15.2. The number of amides is 1. The van der Waals surface area contributed by atoms with Crippen LogP contribution in [0.1, 0.15) is 25.3 Å². The number of hydrogen-bond donors (Lipinski definition) is 0. The average molecular weight is 205 g/mol. The Hall–Kier alpha value is -1.64. The summed E-state index contributed by atoms with van der Waals surface area (Å²) in [5.41, 5.74) is 0.824. The van der Waals surface area contributed by atoms with E-state index in [4.69, 9.17) is 4.74 Å². The molecule has 0 aliphatic heterocycles. The minimum Gasteiger partial charge on any atom is -0.480 e. The van der Waals surface area contributed by atoms with E-state index in [9.17, 15) is 4.79 Å². The normalized spacial score (nSPS) is 11.2. The van der Waals surface area contributed by atoms with Crippen molar-refractivity contribution in [2.45, 2.75) is 19.8 Å². The van der Waals surface area contributed by atoms with Crippen molar-refractivity contribution in [3.63, 3.8) is 0 Å². The largest absolute Gasteiger partial charge is 0.480 e. The standard InChI is InChI=1S/C12H15NO2/c1-3-7-11(14)13-12(15-2)10-8-5-4-6-9-10/h4-6,8-9H,3,7H2,1-2H3. The van der Waals surface area contributed by atoms with E-state index in [0.717, 1.165) is 12.0 Å². The molecule has 0 bridgehead atoms. The van der Waals surface area contributed by atoms with Gasteiger partial charge in [0.1, 0.15) is 0 Å². The molecule has 0 saturated carbocycles. The van der Waals surface area contributed by atoms with Gasteiger partial charge in [0.05, 0.1) is 7.11 Å². The van der Waals surface area contributed by atoms with Crippen molar-refractivity contribution in [3.8, 4) is 0 Å². The van der Waals surface area contributed by atoms with Crippen molar-refractivity contribution < 1.29 is 9.53 Å². The van der Waals surface area contributed by atoms with Gasteiger partial charge in [0.15, 0.2) is 0 Å². The van der Waals surface area contributed by atoms with Crippen LogP contribution in [0.25, 0.3) is 0 Å². The third-order valence-electron chi connectivity index (χ3n) is 1.90. The van der Waals surface area contributed by atoms with E-state index in [1.54, 1.807) is 0 Å². The number of rotatable bonds is 3. The molecular weight excluding hydrogens is 190 g/mol. The first-order valence-corrected chi connectivity index (χ1v) is 4.99. The molecule has 0 unspecified atom stereocenters. The first-order chi connectivity index (χ1) is 7.27. The number of benzene rings is 1. The topological polar surface area (TPSA) is 38.7 Å². The Morgan fingerprint density at radius 3 is 2.53 bits per heavy atom. The second-order valence-electron chi connectivity index (χ2n) is 3.13. The molecule has 0 fully saturated rings. The van der Waals surface area contributed by atoms with E-state index in [1.807, 2.05) is 37.3 Å². The van der Waals surface area contributed by atoms with Gasteiger partial charge in [0, 0.05) is 12.0 Å². The lowest BCUT2D eigenvalue weighted by molar-refractivity contribution is -0.117. The Bertz CT molecular complexity index is 344. The Morgan fingerprint density at radius 2 is 2.00 bits per heavy atom. The first-order valence-electron chi connectivity index (χ1n) is 4.99. The van der Waals surface area contributed by atoms with Gasteiger partial charge in [-0.05, 0) is 18.6 Å². The second kappa shape index (κ2) is 5.96. The fourth-order valence-corrected chi connectivity index (χ4v) is 1.19. The Kier molecular flexibility index (Phi) is 4.54. The Morgan fingerprint density at radius 1 is 1.33 bits per heavy atom. The molecule has 0 N–H and O–H groups in total. The summed E-state index contributed by atoms with van der Waals surface area (Å²) in [6.45, 7) is 1.95. The Labute approximate surface area is 89.8 Å². The maximum atomic E-state index is 11.3. The maximum absolute atomic E-state index is 11.3. The van der Waals surface area contributed by atoms with Gasteiger partial charge in [-0.3, -0.25) is 4.79 Å². The van der Waals surface area contributed by atoms with Gasteiger partial charge in [0.25, 0.3) is 0 Å². The highest BCUT2D eigenvalue weighted by Gasteiger charge is 2.05. The minimum absolute atomic E-state index is 0.141. The predicted octanol–water partition coefficient (Wildman–Crippen LogP) is 2.41. The molecule has 0 aliphatic rings. The molecule has 15 heavy (non-hydrogen) atoms. The molecule has 3 nitrogen and oxygen atoms in total. The molecule has 80 valence electrons. The van der Waals surface area contributed by atoms with Crippen LogP contribution in [0, 0.1) is 0 Å². The lowest BCUT2D eigenvalue weighted by Gasteiger charge is -2.03. The molecule has 0 radical (unpaired) electrons. The molecule has 1 aromatic carbocycles. The highest BCUT2D eigenvalue weighted by Crippen LogP contribution is 2.03. The maximum Gasteiger partial charge on any atom is 0.248 e. The van der Waals surface area contributed by atoms with Crippen LogP contribution in [0.4, 0.5) is 0 Å². The van der Waals surface area contributed by atoms with Crippen molar-refractivity contribution in [1.29, 1.82) is 0 Å². The van der Waals surface area contributed by atoms with Crippen molar-refractivity contribution >= 4 is 11.8 Å². The smallest absolute Gasteiger partial charge is 0.248 e. The summed E-state index contributed by atoms with van der Waals surface area (Å²) in [6.07, 6.45) is 1.26. The summed E-state index contributed by atoms with van der Waals surface area (Å²) in [6, 6.07) is 9.40. The first kappa shape index (κ1) is 11.4. The predicted molar refractivity (Wildman–Crippen MR) is 59.9 cm³/mol. The van der Waals surface area contributed by atoms with Crippen LogP contribution in [-0.4, -0.2) is 18.9 Å². The van der Waals surface area contributed by atoms with Gasteiger partial charge >= 0.3 is 0 Å². The number of methoxy groups -OCH3 is 1. The molecule has 0 heterocycles. The molecule has 0 aromatic heterocycles. The number of carbonyl (C=O) groups is 1. The molecule has 0 aliphatic carbocycles. The number of aliphatic imine (C=N–C) groups is 1. The summed E-state index contributed by atoms with van der Waals surface area (Å²) < 4.78 is 5.08. The molecule has 0 atom stereocenters. The highest BCUT2D eigenvalue weighted by molar-refractivity contribution is 6.01. The van der Waals surface area contributed by atoms with Gasteiger partial charge < -0.3 is 4.74 Å². The molecule has 3 heteroatoms. The second-order valence-corrected chi connectivity index (χ2v) is 3.13. The number of ether oxygens (including phenoxy) is 1. The minimum atomic E-state index is -0.141. The van der Waals surface area contributed by atoms with E-state index in [1.165, 1.54) is 7.11 Å². The zero-order valence-electron chi connectivity index (χ0n) is 9.06. The van der Waals surface area contributed by atoms with Crippen molar-refractivity contribution in [2.24, 2.45) is 4.99 Å². The zero-order valence-corrected chi connectivity index (χ0v) is 9.06. The van der Waals surface area contributed by atoms with Crippen molar-refractivity contribution in [3.05, 3.63) is 35.9 Å². The number of hydrogen-bond acceptors (Lipinski definition) is 2. The summed E-state index contributed by atoms with van der Waals surface area (Å²) in [5.74, 6) is 0.243. The van der Waals surface area contributed by atoms with E-state index in [2.05, 4.69) is 4.99 Å². The van der Waals surface area contributed by atoms with Crippen LogP contribution in [0.15, 0.2) is 35.3 Å². The third-order valence-corrected chi connectivity index (χ3v) is 1.90. The monoisotopic (exact) mass is 205 g/mol. The Balaban J connectivity index is 2.84. The fraction of sp³-hybridized carbons (Fsp3) is 0.333. The van der Waals surface area contributed by atoms with Crippen LogP contribution in [0.5, 0.6) is 0 Å². The van der Waals surface area contributed by atoms with E-state index in [-0.39, 0.29) is 5.91 Å². The van der Waals surface area contributed by atoms with Crippen LogP contribution in [-0.2, 0) is 9.53 Å². The van der Waals surface area contributed by atoms with Crippen LogP contribution in [0.2, 0.25) is 0 Å². The van der Waals surface area contributed by atoms with Gasteiger partial charge in [-0.25, -0.2) is 0 Å². The fourth-order valence-electron chi connectivity index (χ4n) is 1.19. The summed E-state index contributed by atoms with van der Waals surface area (Å²) in [5, 5.41) is 0. The number of nitrogens with zero attached hydrogens (tertiary/aromatic N) is 1. The summed E-state index contributed by atoms with van der Waals surface area (Å²) >= 11 is 0. The third kappa shape index (κ3) is 3.54. The molecule has 1 aromatic rings. The quantitative estimate of drug-likeness (QED) is 0.561. The van der Waals surface area contributed by atoms with Crippen LogP contribution in [0.3, 0.4) is 0 Å². The summed E-state index contributed by atoms with van der Waals surface area (Å²) in [7, 11) is 1.52. The lowest BCUT2D eigenvalue weighted by atomic mass is 10.2.